The van der Waals surface area contributed by atoms with Crippen LogP contribution >= 0.6 is 0 Å². The summed E-state index contributed by atoms with van der Waals surface area (Å²) in [4.78, 5) is 18.1. The van der Waals surface area contributed by atoms with E-state index in [1.807, 2.05) is 36.4 Å². The largest absolute Gasteiger partial charge is 0.339 e. The number of carbonyl (C=O) groups is 1. The minimum atomic E-state index is -0.199. The van der Waals surface area contributed by atoms with Gasteiger partial charge in [0.25, 0.3) is 0 Å². The maximum Gasteiger partial charge on any atom is 0.234 e. The lowest BCUT2D eigenvalue weighted by Crippen LogP contribution is -2.52. The van der Waals surface area contributed by atoms with E-state index in [0.717, 1.165) is 43.3 Å². The molecule has 3 nitrogen and oxygen atoms in total. The van der Waals surface area contributed by atoms with Crippen LogP contribution in [0.3, 0.4) is 0 Å². The molecule has 0 atom stereocenters. The fourth-order valence-corrected chi connectivity index (χ4v) is 4.53. The third-order valence-electron chi connectivity index (χ3n) is 5.98. The first-order valence-corrected chi connectivity index (χ1v) is 9.95. The number of nitrogens with zero attached hydrogens (tertiary/aromatic N) is 2. The number of hydrogen-bond acceptors (Lipinski definition) is 2. The number of amides is 1. The van der Waals surface area contributed by atoms with Crippen molar-refractivity contribution in [1.82, 2.24) is 9.80 Å². The molecule has 0 N–H and O–H groups in total. The van der Waals surface area contributed by atoms with Crippen LogP contribution in [0.25, 0.3) is 0 Å². The van der Waals surface area contributed by atoms with E-state index < -0.39 is 0 Å². The van der Waals surface area contributed by atoms with E-state index in [-0.39, 0.29) is 11.8 Å². The summed E-state index contributed by atoms with van der Waals surface area (Å²) in [6.45, 7) is 3.75. The lowest BCUT2D eigenvalue weighted by Gasteiger charge is -2.39. The molecule has 26 heavy (non-hydrogen) atoms. The maximum atomic E-state index is 13.4. The van der Waals surface area contributed by atoms with Gasteiger partial charge in [0.15, 0.2) is 0 Å². The molecule has 1 saturated carbocycles. The molecule has 2 aromatic rings. The van der Waals surface area contributed by atoms with E-state index >= 15 is 0 Å². The van der Waals surface area contributed by atoms with Crippen LogP contribution in [0.4, 0.5) is 0 Å². The van der Waals surface area contributed by atoms with Crippen LogP contribution in [0.15, 0.2) is 60.7 Å². The van der Waals surface area contributed by atoms with Crippen molar-refractivity contribution >= 4 is 5.91 Å². The molecule has 0 bridgehead atoms. The van der Waals surface area contributed by atoms with Gasteiger partial charge in [-0.25, -0.2) is 0 Å². The second-order valence-corrected chi connectivity index (χ2v) is 7.55. The summed E-state index contributed by atoms with van der Waals surface area (Å²) < 4.78 is 0. The first-order chi connectivity index (χ1) is 12.8. The van der Waals surface area contributed by atoms with Crippen molar-refractivity contribution in [2.75, 3.05) is 26.2 Å². The van der Waals surface area contributed by atoms with E-state index in [4.69, 9.17) is 0 Å². The molecule has 0 spiro atoms. The van der Waals surface area contributed by atoms with Crippen LogP contribution in [0.5, 0.6) is 0 Å². The second kappa shape index (κ2) is 8.05. The Morgan fingerprint density at radius 1 is 0.769 bits per heavy atom. The molecular formula is C23H28N2O. The van der Waals surface area contributed by atoms with Gasteiger partial charge in [-0.2, -0.15) is 0 Å². The minimum Gasteiger partial charge on any atom is -0.339 e. The van der Waals surface area contributed by atoms with E-state index in [2.05, 4.69) is 34.1 Å². The normalized spacial score (nSPS) is 19.2. The Bertz CT molecular complexity index is 662. The Kier molecular flexibility index (Phi) is 5.35. The zero-order chi connectivity index (χ0) is 17.8. The number of hydrogen-bond donors (Lipinski definition) is 0. The summed E-state index contributed by atoms with van der Waals surface area (Å²) >= 11 is 0. The molecule has 1 saturated heterocycles. The van der Waals surface area contributed by atoms with Crippen LogP contribution in [-0.4, -0.2) is 47.9 Å². The number of piperazine rings is 1. The predicted octanol–water partition coefficient (Wildman–Crippen LogP) is 3.91. The minimum absolute atomic E-state index is 0.199. The van der Waals surface area contributed by atoms with Gasteiger partial charge in [-0.15, -0.1) is 0 Å². The zero-order valence-electron chi connectivity index (χ0n) is 15.4. The summed E-state index contributed by atoms with van der Waals surface area (Å²) in [6.07, 6.45) is 5.41. The number of benzene rings is 2. The fourth-order valence-electron chi connectivity index (χ4n) is 4.53. The highest BCUT2D eigenvalue weighted by atomic mass is 16.2. The van der Waals surface area contributed by atoms with Gasteiger partial charge in [0.05, 0.1) is 5.92 Å². The van der Waals surface area contributed by atoms with Gasteiger partial charge in [0.1, 0.15) is 0 Å². The molecule has 4 rings (SSSR count). The van der Waals surface area contributed by atoms with Gasteiger partial charge >= 0.3 is 0 Å². The molecule has 2 aromatic carbocycles. The van der Waals surface area contributed by atoms with Crippen molar-refractivity contribution in [3.63, 3.8) is 0 Å². The van der Waals surface area contributed by atoms with Crippen molar-refractivity contribution < 1.29 is 4.79 Å². The molecule has 1 aliphatic heterocycles. The molecule has 0 radical (unpaired) electrons. The van der Waals surface area contributed by atoms with Crippen molar-refractivity contribution in [1.29, 1.82) is 0 Å². The second-order valence-electron chi connectivity index (χ2n) is 7.55. The van der Waals surface area contributed by atoms with Gasteiger partial charge in [-0.05, 0) is 24.0 Å². The van der Waals surface area contributed by atoms with Gasteiger partial charge in [0, 0.05) is 32.2 Å². The highest BCUT2D eigenvalue weighted by molar-refractivity contribution is 5.87. The quantitative estimate of drug-likeness (QED) is 0.836. The van der Waals surface area contributed by atoms with Crippen LogP contribution in [-0.2, 0) is 4.79 Å². The average molecular weight is 348 g/mol. The van der Waals surface area contributed by atoms with E-state index in [0.29, 0.717) is 0 Å². The predicted molar refractivity (Wildman–Crippen MR) is 105 cm³/mol. The summed E-state index contributed by atoms with van der Waals surface area (Å²) in [5.74, 6) is 0.0453. The monoisotopic (exact) mass is 348 g/mol. The van der Waals surface area contributed by atoms with E-state index in [9.17, 15) is 4.79 Å². The molecule has 2 fully saturated rings. The zero-order valence-corrected chi connectivity index (χ0v) is 15.4. The molecule has 0 unspecified atom stereocenters. The standard InChI is InChI=1S/C23H28N2O/c26-23(25-17-15-24(16-18-25)21-13-7-8-14-21)22(19-9-3-1-4-10-19)20-11-5-2-6-12-20/h1-6,9-12,21-22H,7-8,13-18H2. The molecule has 3 heteroatoms. The maximum absolute atomic E-state index is 13.4. The summed E-state index contributed by atoms with van der Waals surface area (Å²) in [5, 5.41) is 0. The molecule has 1 aliphatic carbocycles. The van der Waals surface area contributed by atoms with Crippen molar-refractivity contribution in [2.45, 2.75) is 37.6 Å². The van der Waals surface area contributed by atoms with Gasteiger partial charge in [0.2, 0.25) is 5.91 Å². The van der Waals surface area contributed by atoms with Gasteiger partial charge in [-0.1, -0.05) is 73.5 Å². The van der Waals surface area contributed by atoms with Crippen LogP contribution in [0.2, 0.25) is 0 Å². The SMILES string of the molecule is O=C(C(c1ccccc1)c1ccccc1)N1CCN(C2CCCC2)CC1. The lowest BCUT2D eigenvalue weighted by atomic mass is 9.90. The average Bonchev–Trinajstić information content (AvgIpc) is 3.25. The third kappa shape index (κ3) is 3.68. The van der Waals surface area contributed by atoms with Gasteiger partial charge < -0.3 is 4.90 Å². The van der Waals surface area contributed by atoms with Crippen LogP contribution in [0, 0.1) is 0 Å². The third-order valence-corrected chi connectivity index (χ3v) is 5.98. The number of carbonyl (C=O) groups excluding carboxylic acids is 1. The van der Waals surface area contributed by atoms with E-state index in [1.54, 1.807) is 0 Å². The molecule has 1 amide bonds. The first-order valence-electron chi connectivity index (χ1n) is 9.95. The number of rotatable bonds is 4. The summed E-state index contributed by atoms with van der Waals surface area (Å²) in [5.41, 5.74) is 2.17. The highest BCUT2D eigenvalue weighted by Gasteiger charge is 2.32. The lowest BCUT2D eigenvalue weighted by molar-refractivity contribution is -0.134. The topological polar surface area (TPSA) is 23.6 Å². The molecule has 136 valence electrons. The van der Waals surface area contributed by atoms with Crippen LogP contribution < -0.4 is 0 Å². The fraction of sp³-hybridized carbons (Fsp3) is 0.435. The molecule has 2 aliphatic rings. The molecule has 0 aromatic heterocycles. The van der Waals surface area contributed by atoms with Crippen molar-refractivity contribution in [3.8, 4) is 0 Å². The first kappa shape index (κ1) is 17.3. The van der Waals surface area contributed by atoms with E-state index in [1.165, 1.54) is 25.7 Å². The van der Waals surface area contributed by atoms with Crippen molar-refractivity contribution in [3.05, 3.63) is 71.8 Å². The Morgan fingerprint density at radius 2 is 1.27 bits per heavy atom. The Balaban J connectivity index is 1.50. The summed E-state index contributed by atoms with van der Waals surface area (Å²) in [7, 11) is 0. The Hall–Kier alpha value is -2.13. The van der Waals surface area contributed by atoms with Gasteiger partial charge in [-0.3, -0.25) is 9.69 Å². The highest BCUT2D eigenvalue weighted by Crippen LogP contribution is 2.29. The Morgan fingerprint density at radius 3 is 1.77 bits per heavy atom. The molecular weight excluding hydrogens is 320 g/mol. The molecule has 1 heterocycles. The van der Waals surface area contributed by atoms with Crippen molar-refractivity contribution in [2.24, 2.45) is 0 Å². The summed E-state index contributed by atoms with van der Waals surface area (Å²) in [6, 6.07) is 21.2. The Labute approximate surface area is 156 Å². The van der Waals surface area contributed by atoms with Crippen LogP contribution in [0.1, 0.15) is 42.7 Å². The smallest absolute Gasteiger partial charge is 0.234 e.